The van der Waals surface area contributed by atoms with E-state index in [0.29, 0.717) is 17.7 Å². The predicted octanol–water partition coefficient (Wildman–Crippen LogP) is 2.74. The summed E-state index contributed by atoms with van der Waals surface area (Å²) in [5.41, 5.74) is 3.89. The number of nitrogens with one attached hydrogen (secondary N) is 1. The smallest absolute Gasteiger partial charge is 0.251 e. The van der Waals surface area contributed by atoms with E-state index in [4.69, 9.17) is 5.26 Å². The topological polar surface area (TPSA) is 56.1 Å². The molecule has 1 amide bonds. The largest absolute Gasteiger partial charge is 0.371 e. The quantitative estimate of drug-likeness (QED) is 0.864. The molecule has 0 atom stereocenters. The number of hydrogen-bond donors (Lipinski definition) is 1. The summed E-state index contributed by atoms with van der Waals surface area (Å²) < 4.78 is 0. The molecule has 4 nitrogen and oxygen atoms in total. The molecule has 0 aromatic heterocycles. The Labute approximate surface area is 136 Å². The molecule has 4 heteroatoms. The number of rotatable bonds is 5. The number of fused-ring (bicyclic) bond motifs is 1. The molecule has 1 aliphatic rings. The van der Waals surface area contributed by atoms with Crippen molar-refractivity contribution in [3.05, 3.63) is 65.2 Å². The third-order valence-electron chi connectivity index (χ3n) is 4.15. The van der Waals surface area contributed by atoms with Crippen molar-refractivity contribution in [1.82, 2.24) is 5.32 Å². The van der Waals surface area contributed by atoms with Gasteiger partial charge in [-0.2, -0.15) is 5.26 Å². The van der Waals surface area contributed by atoms with Crippen molar-refractivity contribution in [3.8, 4) is 6.07 Å². The third-order valence-corrected chi connectivity index (χ3v) is 4.15. The minimum Gasteiger partial charge on any atom is -0.371 e. The van der Waals surface area contributed by atoms with Crippen molar-refractivity contribution in [1.29, 1.82) is 5.26 Å². The van der Waals surface area contributed by atoms with E-state index in [-0.39, 0.29) is 5.91 Å². The number of amides is 1. The first kappa shape index (κ1) is 15.1. The molecular formula is C19H19N3O. The SMILES string of the molecule is N#Cc1ccc(C(=O)NCCCN2CCc3ccccc32)cc1. The van der Waals surface area contributed by atoms with Gasteiger partial charge in [-0.05, 0) is 48.7 Å². The van der Waals surface area contributed by atoms with E-state index in [9.17, 15) is 4.79 Å². The van der Waals surface area contributed by atoms with E-state index in [1.807, 2.05) is 6.07 Å². The number of nitrogens with zero attached hydrogens (tertiary/aromatic N) is 2. The van der Waals surface area contributed by atoms with Crippen LogP contribution in [0.3, 0.4) is 0 Å². The first-order valence-electron chi connectivity index (χ1n) is 7.89. The zero-order valence-corrected chi connectivity index (χ0v) is 13.0. The van der Waals surface area contributed by atoms with Crippen molar-refractivity contribution < 1.29 is 4.79 Å². The van der Waals surface area contributed by atoms with Crippen molar-refractivity contribution in [2.45, 2.75) is 12.8 Å². The van der Waals surface area contributed by atoms with Crippen LogP contribution in [0.15, 0.2) is 48.5 Å². The predicted molar refractivity (Wildman–Crippen MR) is 90.5 cm³/mol. The van der Waals surface area contributed by atoms with E-state index in [1.165, 1.54) is 11.3 Å². The summed E-state index contributed by atoms with van der Waals surface area (Å²) in [5.74, 6) is -0.0867. The molecule has 0 radical (unpaired) electrons. The van der Waals surface area contributed by atoms with Gasteiger partial charge in [0.25, 0.3) is 5.91 Å². The van der Waals surface area contributed by atoms with Gasteiger partial charge in [-0.1, -0.05) is 18.2 Å². The van der Waals surface area contributed by atoms with E-state index >= 15 is 0 Å². The molecule has 1 N–H and O–H groups in total. The molecule has 1 heterocycles. The van der Waals surface area contributed by atoms with E-state index in [2.05, 4.69) is 34.5 Å². The molecule has 0 bridgehead atoms. The molecule has 0 fully saturated rings. The second-order valence-electron chi connectivity index (χ2n) is 5.66. The first-order valence-corrected chi connectivity index (χ1v) is 7.89. The van der Waals surface area contributed by atoms with Gasteiger partial charge in [-0.25, -0.2) is 0 Å². The summed E-state index contributed by atoms with van der Waals surface area (Å²) in [6.07, 6.45) is 2.02. The summed E-state index contributed by atoms with van der Waals surface area (Å²) in [5, 5.41) is 11.7. The molecule has 23 heavy (non-hydrogen) atoms. The van der Waals surface area contributed by atoms with Crippen LogP contribution in [-0.4, -0.2) is 25.5 Å². The van der Waals surface area contributed by atoms with Crippen LogP contribution in [0.2, 0.25) is 0 Å². The Morgan fingerprint density at radius 3 is 2.74 bits per heavy atom. The second-order valence-corrected chi connectivity index (χ2v) is 5.66. The van der Waals surface area contributed by atoms with Crippen molar-refractivity contribution in [2.24, 2.45) is 0 Å². The molecule has 0 saturated heterocycles. The molecular weight excluding hydrogens is 286 g/mol. The highest BCUT2D eigenvalue weighted by Gasteiger charge is 2.17. The Bertz CT molecular complexity index is 731. The first-order chi connectivity index (χ1) is 11.3. The van der Waals surface area contributed by atoms with Crippen LogP contribution < -0.4 is 10.2 Å². The average molecular weight is 305 g/mol. The number of para-hydroxylation sites is 1. The van der Waals surface area contributed by atoms with Crippen molar-refractivity contribution >= 4 is 11.6 Å². The summed E-state index contributed by atoms with van der Waals surface area (Å²) in [7, 11) is 0. The van der Waals surface area contributed by atoms with Crippen LogP contribution in [-0.2, 0) is 6.42 Å². The lowest BCUT2D eigenvalue weighted by Crippen LogP contribution is -2.29. The minimum absolute atomic E-state index is 0.0867. The molecule has 3 rings (SSSR count). The summed E-state index contributed by atoms with van der Waals surface area (Å²) in [6, 6.07) is 17.2. The van der Waals surface area contributed by atoms with Crippen LogP contribution >= 0.6 is 0 Å². The lowest BCUT2D eigenvalue weighted by molar-refractivity contribution is 0.0953. The third kappa shape index (κ3) is 3.51. The fourth-order valence-electron chi connectivity index (χ4n) is 2.91. The molecule has 116 valence electrons. The second kappa shape index (κ2) is 6.97. The van der Waals surface area contributed by atoms with Gasteiger partial charge in [0.2, 0.25) is 0 Å². The number of carbonyl (C=O) groups excluding carboxylic acids is 1. The van der Waals surface area contributed by atoms with Gasteiger partial charge in [-0.15, -0.1) is 0 Å². The number of anilines is 1. The Morgan fingerprint density at radius 1 is 1.17 bits per heavy atom. The lowest BCUT2D eigenvalue weighted by atomic mass is 10.1. The van der Waals surface area contributed by atoms with Crippen molar-refractivity contribution in [2.75, 3.05) is 24.5 Å². The Hall–Kier alpha value is -2.80. The van der Waals surface area contributed by atoms with Gasteiger partial charge in [0, 0.05) is 30.9 Å². The van der Waals surface area contributed by atoms with Crippen molar-refractivity contribution in [3.63, 3.8) is 0 Å². The molecule has 0 unspecified atom stereocenters. The van der Waals surface area contributed by atoms with Gasteiger partial charge in [0.05, 0.1) is 11.6 Å². The Balaban J connectivity index is 1.45. The molecule has 0 saturated carbocycles. The maximum atomic E-state index is 12.0. The zero-order chi connectivity index (χ0) is 16.1. The highest BCUT2D eigenvalue weighted by molar-refractivity contribution is 5.94. The van der Waals surface area contributed by atoms with E-state index in [0.717, 1.165) is 25.9 Å². The number of hydrogen-bond acceptors (Lipinski definition) is 3. The molecule has 2 aromatic carbocycles. The maximum Gasteiger partial charge on any atom is 0.251 e. The number of carbonyl (C=O) groups is 1. The van der Waals surface area contributed by atoms with Crippen LogP contribution in [0.5, 0.6) is 0 Å². The van der Waals surface area contributed by atoms with Crippen LogP contribution in [0.4, 0.5) is 5.69 Å². The molecule has 2 aromatic rings. The zero-order valence-electron chi connectivity index (χ0n) is 13.0. The van der Waals surface area contributed by atoms with Crippen LogP contribution in [0.25, 0.3) is 0 Å². The normalized spacial score (nSPS) is 12.6. The maximum absolute atomic E-state index is 12.0. The van der Waals surface area contributed by atoms with Gasteiger partial charge >= 0.3 is 0 Å². The standard InChI is InChI=1S/C19H19N3O/c20-14-15-6-8-17(9-7-15)19(23)21-11-3-12-22-13-10-16-4-1-2-5-18(16)22/h1-2,4-9H,3,10-13H2,(H,21,23). The lowest BCUT2D eigenvalue weighted by Gasteiger charge is -2.19. The Kier molecular flexibility index (Phi) is 4.58. The summed E-state index contributed by atoms with van der Waals surface area (Å²) >= 11 is 0. The van der Waals surface area contributed by atoms with E-state index in [1.54, 1.807) is 24.3 Å². The minimum atomic E-state index is -0.0867. The van der Waals surface area contributed by atoms with Crippen LogP contribution in [0, 0.1) is 11.3 Å². The van der Waals surface area contributed by atoms with Gasteiger partial charge in [0.15, 0.2) is 0 Å². The van der Waals surface area contributed by atoms with Gasteiger partial charge in [-0.3, -0.25) is 4.79 Å². The van der Waals surface area contributed by atoms with E-state index < -0.39 is 0 Å². The van der Waals surface area contributed by atoms with Gasteiger partial charge < -0.3 is 10.2 Å². The molecule has 1 aliphatic heterocycles. The summed E-state index contributed by atoms with van der Waals surface area (Å²) in [6.45, 7) is 2.66. The highest BCUT2D eigenvalue weighted by atomic mass is 16.1. The fourth-order valence-corrected chi connectivity index (χ4v) is 2.91. The number of benzene rings is 2. The Morgan fingerprint density at radius 2 is 1.96 bits per heavy atom. The highest BCUT2D eigenvalue weighted by Crippen LogP contribution is 2.27. The van der Waals surface area contributed by atoms with Gasteiger partial charge in [0.1, 0.15) is 0 Å². The molecule has 0 aliphatic carbocycles. The molecule has 0 spiro atoms. The fraction of sp³-hybridized carbons (Fsp3) is 0.263. The number of nitriles is 1. The average Bonchev–Trinajstić information content (AvgIpc) is 3.02. The van der Waals surface area contributed by atoms with Crippen LogP contribution in [0.1, 0.15) is 27.9 Å². The monoisotopic (exact) mass is 305 g/mol. The summed E-state index contributed by atoms with van der Waals surface area (Å²) in [4.78, 5) is 14.4.